The van der Waals surface area contributed by atoms with Crippen LogP contribution >= 0.6 is 0 Å². The van der Waals surface area contributed by atoms with Crippen LogP contribution in [0, 0.1) is 0 Å². The third kappa shape index (κ3) is 3.93. The molecule has 0 bridgehead atoms. The lowest BCUT2D eigenvalue weighted by atomic mass is 10.2. The summed E-state index contributed by atoms with van der Waals surface area (Å²) in [6.07, 6.45) is 4.04. The molecule has 3 N–H and O–H groups in total. The molecule has 0 atom stereocenters. The van der Waals surface area contributed by atoms with Gasteiger partial charge in [-0.15, -0.1) is 0 Å². The molecule has 1 aromatic rings. The maximum Gasteiger partial charge on any atom is 0.153 e. The monoisotopic (exact) mass is 266 g/mol. The van der Waals surface area contributed by atoms with Crippen molar-refractivity contribution in [3.05, 3.63) is 18.0 Å². The number of rotatable bonds is 5. The Morgan fingerprint density at radius 2 is 2.05 bits per heavy atom. The molecule has 0 spiro atoms. The smallest absolute Gasteiger partial charge is 0.153 e. The second kappa shape index (κ2) is 6.53. The van der Waals surface area contributed by atoms with Crippen molar-refractivity contribution in [1.82, 2.24) is 19.6 Å². The molecule has 7 heteroatoms. The Bertz CT molecular complexity index is 422. The van der Waals surface area contributed by atoms with Crippen LogP contribution in [0.5, 0.6) is 0 Å². The fourth-order valence-electron chi connectivity index (χ4n) is 2.29. The van der Waals surface area contributed by atoms with Gasteiger partial charge in [0.1, 0.15) is 0 Å². The molecule has 0 amide bonds. The van der Waals surface area contributed by atoms with Crippen molar-refractivity contribution in [3.63, 3.8) is 0 Å². The molecule has 2 rings (SSSR count). The van der Waals surface area contributed by atoms with Gasteiger partial charge < -0.3 is 10.9 Å². The molecule has 0 unspecified atom stereocenters. The maximum absolute atomic E-state index is 8.55. The molecule has 0 radical (unpaired) electrons. The maximum atomic E-state index is 8.55. The Morgan fingerprint density at radius 1 is 1.37 bits per heavy atom. The largest absolute Gasteiger partial charge is 0.409 e. The van der Waals surface area contributed by atoms with Gasteiger partial charge in [-0.1, -0.05) is 5.16 Å². The molecule has 0 aliphatic carbocycles. The van der Waals surface area contributed by atoms with Gasteiger partial charge in [0.2, 0.25) is 0 Å². The Morgan fingerprint density at radius 3 is 2.63 bits per heavy atom. The lowest BCUT2D eigenvalue weighted by Crippen LogP contribution is -2.48. The molecule has 1 aliphatic heterocycles. The fourth-order valence-corrected chi connectivity index (χ4v) is 2.29. The van der Waals surface area contributed by atoms with Crippen molar-refractivity contribution in [2.75, 3.05) is 32.7 Å². The highest BCUT2D eigenvalue weighted by Gasteiger charge is 2.18. The normalized spacial score (nSPS) is 18.9. The third-order valence-corrected chi connectivity index (χ3v) is 3.40. The molecule has 2 heterocycles. The Balaban J connectivity index is 1.77. The summed E-state index contributed by atoms with van der Waals surface area (Å²) in [6.45, 7) is 8.36. The second-order valence-electron chi connectivity index (χ2n) is 4.85. The van der Waals surface area contributed by atoms with E-state index in [0.29, 0.717) is 6.54 Å². The summed E-state index contributed by atoms with van der Waals surface area (Å²) in [5.74, 6) is 0.276. The Hall–Kier alpha value is -1.60. The predicted octanol–water partition coefficient (Wildman–Crippen LogP) is -0.233. The van der Waals surface area contributed by atoms with Crippen LogP contribution in [-0.4, -0.2) is 63.3 Å². The number of nitrogens with zero attached hydrogens (tertiary/aromatic N) is 5. The highest BCUT2D eigenvalue weighted by molar-refractivity contribution is 5.81. The highest BCUT2D eigenvalue weighted by Crippen LogP contribution is 2.07. The quantitative estimate of drug-likeness (QED) is 0.333. The molecule has 1 fully saturated rings. The van der Waals surface area contributed by atoms with Crippen molar-refractivity contribution in [3.8, 4) is 0 Å². The number of amidine groups is 1. The average Bonchev–Trinajstić information content (AvgIpc) is 2.88. The van der Waals surface area contributed by atoms with Crippen LogP contribution < -0.4 is 5.73 Å². The van der Waals surface area contributed by atoms with Crippen LogP contribution in [0.1, 0.15) is 12.5 Å². The fraction of sp³-hybridized carbons (Fsp3) is 0.667. The van der Waals surface area contributed by atoms with Gasteiger partial charge >= 0.3 is 0 Å². The first kappa shape index (κ1) is 13.8. The molecular formula is C12H22N6O. The van der Waals surface area contributed by atoms with Gasteiger partial charge in [0.15, 0.2) is 5.84 Å². The minimum Gasteiger partial charge on any atom is -0.409 e. The molecule has 0 aromatic carbocycles. The van der Waals surface area contributed by atoms with Gasteiger partial charge in [0, 0.05) is 51.0 Å². The predicted molar refractivity (Wildman–Crippen MR) is 73.0 cm³/mol. The van der Waals surface area contributed by atoms with Crippen molar-refractivity contribution in [2.45, 2.75) is 20.0 Å². The summed E-state index contributed by atoms with van der Waals surface area (Å²) in [5.41, 5.74) is 6.77. The second-order valence-corrected chi connectivity index (χ2v) is 4.85. The SMILES string of the molecule is CCn1cc(CN2CCN(CC(N)=NO)CC2)cn1. The van der Waals surface area contributed by atoms with Gasteiger partial charge in [-0.3, -0.25) is 14.5 Å². The molecule has 0 saturated carbocycles. The third-order valence-electron chi connectivity index (χ3n) is 3.40. The van der Waals surface area contributed by atoms with E-state index in [1.54, 1.807) is 0 Å². The minimum absolute atomic E-state index is 0.276. The van der Waals surface area contributed by atoms with Crippen LogP contribution in [-0.2, 0) is 13.1 Å². The van der Waals surface area contributed by atoms with E-state index in [1.165, 1.54) is 5.56 Å². The molecular weight excluding hydrogens is 244 g/mol. The van der Waals surface area contributed by atoms with Crippen LogP contribution in [0.3, 0.4) is 0 Å². The molecule has 106 valence electrons. The van der Waals surface area contributed by atoms with E-state index in [0.717, 1.165) is 39.3 Å². The van der Waals surface area contributed by atoms with Crippen molar-refractivity contribution >= 4 is 5.84 Å². The van der Waals surface area contributed by atoms with Crippen LogP contribution in [0.25, 0.3) is 0 Å². The molecule has 7 nitrogen and oxygen atoms in total. The molecule has 1 aromatic heterocycles. The summed E-state index contributed by atoms with van der Waals surface area (Å²) in [6, 6.07) is 0. The van der Waals surface area contributed by atoms with Crippen LogP contribution in [0.4, 0.5) is 0 Å². The lowest BCUT2D eigenvalue weighted by molar-refractivity contribution is 0.139. The van der Waals surface area contributed by atoms with E-state index < -0.39 is 0 Å². The number of aryl methyl sites for hydroxylation is 1. The molecule has 1 saturated heterocycles. The van der Waals surface area contributed by atoms with Gasteiger partial charge in [-0.25, -0.2) is 0 Å². The number of piperazine rings is 1. The molecule has 19 heavy (non-hydrogen) atoms. The van der Waals surface area contributed by atoms with Gasteiger partial charge in [-0.2, -0.15) is 5.10 Å². The topological polar surface area (TPSA) is 82.9 Å². The summed E-state index contributed by atoms with van der Waals surface area (Å²) < 4.78 is 1.95. The van der Waals surface area contributed by atoms with E-state index in [2.05, 4.69) is 33.2 Å². The minimum atomic E-state index is 0.276. The summed E-state index contributed by atoms with van der Waals surface area (Å²) in [5, 5.41) is 15.8. The van der Waals surface area contributed by atoms with E-state index in [9.17, 15) is 0 Å². The van der Waals surface area contributed by atoms with Gasteiger partial charge in [0.05, 0.1) is 12.7 Å². The van der Waals surface area contributed by atoms with E-state index in [4.69, 9.17) is 10.9 Å². The van der Waals surface area contributed by atoms with E-state index in [-0.39, 0.29) is 5.84 Å². The van der Waals surface area contributed by atoms with Crippen molar-refractivity contribution in [2.24, 2.45) is 10.9 Å². The molecule has 1 aliphatic rings. The number of oxime groups is 1. The Labute approximate surface area is 113 Å². The van der Waals surface area contributed by atoms with E-state index >= 15 is 0 Å². The van der Waals surface area contributed by atoms with E-state index in [1.807, 2.05) is 10.9 Å². The first-order chi connectivity index (χ1) is 9.21. The Kier molecular flexibility index (Phi) is 4.75. The summed E-state index contributed by atoms with van der Waals surface area (Å²) in [4.78, 5) is 4.60. The standard InChI is InChI=1S/C12H22N6O/c1-2-18-9-11(7-14-18)8-16-3-5-17(6-4-16)10-12(13)15-19/h7,9,19H,2-6,8,10H2,1H3,(H2,13,15). The van der Waals surface area contributed by atoms with Crippen molar-refractivity contribution in [1.29, 1.82) is 0 Å². The zero-order valence-corrected chi connectivity index (χ0v) is 11.4. The highest BCUT2D eigenvalue weighted by atomic mass is 16.4. The zero-order chi connectivity index (χ0) is 13.7. The van der Waals surface area contributed by atoms with Gasteiger partial charge in [-0.05, 0) is 6.92 Å². The number of hydrogen-bond donors (Lipinski definition) is 2. The van der Waals surface area contributed by atoms with Crippen LogP contribution in [0.2, 0.25) is 0 Å². The number of hydrogen-bond acceptors (Lipinski definition) is 5. The zero-order valence-electron chi connectivity index (χ0n) is 11.4. The first-order valence-electron chi connectivity index (χ1n) is 6.63. The van der Waals surface area contributed by atoms with Crippen LogP contribution in [0.15, 0.2) is 17.5 Å². The lowest BCUT2D eigenvalue weighted by Gasteiger charge is -2.34. The number of nitrogens with two attached hydrogens (primary N) is 1. The summed E-state index contributed by atoms with van der Waals surface area (Å²) in [7, 11) is 0. The van der Waals surface area contributed by atoms with Crippen molar-refractivity contribution < 1.29 is 5.21 Å². The number of aromatic nitrogens is 2. The first-order valence-corrected chi connectivity index (χ1v) is 6.63. The van der Waals surface area contributed by atoms with Gasteiger partial charge in [0.25, 0.3) is 0 Å². The average molecular weight is 266 g/mol. The summed E-state index contributed by atoms with van der Waals surface area (Å²) >= 11 is 0.